The molecule has 0 N–H and O–H groups in total. The fourth-order valence-corrected chi connectivity index (χ4v) is 4.06. The van der Waals surface area contributed by atoms with Gasteiger partial charge >= 0.3 is 0 Å². The highest BCUT2D eigenvalue weighted by Gasteiger charge is 2.20. The highest BCUT2D eigenvalue weighted by molar-refractivity contribution is 6.10. The molecular formula is C25H16N4. The molecule has 4 heterocycles. The van der Waals surface area contributed by atoms with Crippen LogP contribution in [0.2, 0.25) is 0 Å². The van der Waals surface area contributed by atoms with Gasteiger partial charge in [-0.1, -0.05) is 60.7 Å². The Morgan fingerprint density at radius 3 is 2.21 bits per heavy atom. The number of imidazole rings is 1. The SMILES string of the molecule is c1ccc(-c2nc3c4cccnc4c4cnccc4n3c2-c2ccccc2)cc1. The maximum Gasteiger partial charge on any atom is 0.148 e. The van der Waals surface area contributed by atoms with Crippen LogP contribution in [0.15, 0.2) is 97.5 Å². The predicted octanol–water partition coefficient (Wildman–Crippen LogP) is 5.76. The molecule has 0 unspecified atom stereocenters. The second-order valence-electron chi connectivity index (χ2n) is 6.99. The summed E-state index contributed by atoms with van der Waals surface area (Å²) in [6.45, 7) is 0. The normalized spacial score (nSPS) is 11.4. The van der Waals surface area contributed by atoms with Crippen LogP contribution < -0.4 is 0 Å². The summed E-state index contributed by atoms with van der Waals surface area (Å²) in [6.07, 6.45) is 5.54. The van der Waals surface area contributed by atoms with E-state index in [1.807, 2.05) is 42.9 Å². The van der Waals surface area contributed by atoms with E-state index in [0.717, 1.165) is 50.0 Å². The summed E-state index contributed by atoms with van der Waals surface area (Å²) in [5.74, 6) is 0. The van der Waals surface area contributed by atoms with Crippen molar-refractivity contribution >= 4 is 27.5 Å². The number of nitrogens with zero attached hydrogens (tertiary/aromatic N) is 4. The molecule has 6 rings (SSSR count). The molecule has 2 aromatic carbocycles. The van der Waals surface area contributed by atoms with Gasteiger partial charge in [-0.15, -0.1) is 0 Å². The lowest BCUT2D eigenvalue weighted by atomic mass is 10.0. The summed E-state index contributed by atoms with van der Waals surface area (Å²) < 4.78 is 2.25. The molecule has 0 fully saturated rings. The molecule has 29 heavy (non-hydrogen) atoms. The molecule has 0 bridgehead atoms. The standard InChI is InChI=1S/C25H16N4/c1-3-8-17(9-4-1)22-24(18-10-5-2-6-11-18)29-21-13-15-26-16-20(21)23-19(25(29)28-22)12-7-14-27-23/h1-16H. The van der Waals surface area contributed by atoms with Crippen molar-refractivity contribution < 1.29 is 0 Å². The van der Waals surface area contributed by atoms with Crippen molar-refractivity contribution in [2.45, 2.75) is 0 Å². The van der Waals surface area contributed by atoms with Gasteiger partial charge in [0.15, 0.2) is 0 Å². The van der Waals surface area contributed by atoms with Gasteiger partial charge in [-0.3, -0.25) is 14.4 Å². The first-order chi connectivity index (χ1) is 14.4. The van der Waals surface area contributed by atoms with Gasteiger partial charge in [-0.05, 0) is 18.2 Å². The van der Waals surface area contributed by atoms with E-state index in [1.54, 1.807) is 0 Å². The van der Waals surface area contributed by atoms with Crippen LogP contribution in [0.1, 0.15) is 0 Å². The monoisotopic (exact) mass is 372 g/mol. The van der Waals surface area contributed by atoms with E-state index in [-0.39, 0.29) is 0 Å². The minimum atomic E-state index is 0.907. The Bertz CT molecular complexity index is 1490. The summed E-state index contributed by atoms with van der Waals surface area (Å²) in [5, 5.41) is 2.04. The van der Waals surface area contributed by atoms with Crippen molar-refractivity contribution in [1.29, 1.82) is 0 Å². The van der Waals surface area contributed by atoms with E-state index in [1.165, 1.54) is 0 Å². The number of benzene rings is 2. The van der Waals surface area contributed by atoms with Crippen LogP contribution in [0.5, 0.6) is 0 Å². The summed E-state index contributed by atoms with van der Waals surface area (Å²) in [4.78, 5) is 14.2. The molecule has 0 saturated heterocycles. The van der Waals surface area contributed by atoms with Gasteiger partial charge in [0.1, 0.15) is 5.65 Å². The largest absolute Gasteiger partial charge is 0.291 e. The molecule has 4 aromatic heterocycles. The lowest BCUT2D eigenvalue weighted by molar-refractivity contribution is 1.24. The van der Waals surface area contributed by atoms with Crippen LogP contribution in [0, 0.1) is 0 Å². The molecule has 0 aliphatic rings. The number of fused-ring (bicyclic) bond motifs is 6. The Morgan fingerprint density at radius 1 is 0.655 bits per heavy atom. The average Bonchev–Trinajstić information content (AvgIpc) is 3.22. The molecule has 0 amide bonds. The van der Waals surface area contributed by atoms with Gasteiger partial charge in [-0.25, -0.2) is 4.98 Å². The number of pyridine rings is 3. The van der Waals surface area contributed by atoms with Gasteiger partial charge in [-0.2, -0.15) is 0 Å². The summed E-state index contributed by atoms with van der Waals surface area (Å²) in [5.41, 5.74) is 7.14. The first-order valence-electron chi connectivity index (χ1n) is 9.55. The van der Waals surface area contributed by atoms with Crippen molar-refractivity contribution in [2.24, 2.45) is 0 Å². The van der Waals surface area contributed by atoms with Crippen molar-refractivity contribution in [1.82, 2.24) is 19.4 Å². The quantitative estimate of drug-likeness (QED) is 0.363. The number of rotatable bonds is 2. The summed E-state index contributed by atoms with van der Waals surface area (Å²) in [7, 11) is 0. The van der Waals surface area contributed by atoms with Crippen LogP contribution in [0.3, 0.4) is 0 Å². The van der Waals surface area contributed by atoms with E-state index in [4.69, 9.17) is 4.98 Å². The highest BCUT2D eigenvalue weighted by Crippen LogP contribution is 2.37. The lowest BCUT2D eigenvalue weighted by Gasteiger charge is -2.10. The van der Waals surface area contributed by atoms with Crippen molar-refractivity contribution in [3.8, 4) is 22.5 Å². The van der Waals surface area contributed by atoms with E-state index >= 15 is 0 Å². The average molecular weight is 372 g/mol. The lowest BCUT2D eigenvalue weighted by Crippen LogP contribution is -1.95. The van der Waals surface area contributed by atoms with Crippen molar-refractivity contribution in [3.05, 3.63) is 97.5 Å². The third-order valence-corrected chi connectivity index (χ3v) is 5.31. The summed E-state index contributed by atoms with van der Waals surface area (Å²) in [6, 6.07) is 26.9. The van der Waals surface area contributed by atoms with Gasteiger partial charge in [0.05, 0.1) is 22.4 Å². The molecule has 0 spiro atoms. The molecule has 0 radical (unpaired) electrons. The molecule has 0 atom stereocenters. The van der Waals surface area contributed by atoms with Crippen LogP contribution in [-0.4, -0.2) is 19.4 Å². The number of hydrogen-bond donors (Lipinski definition) is 0. The molecule has 0 aliphatic heterocycles. The van der Waals surface area contributed by atoms with Crippen molar-refractivity contribution in [2.75, 3.05) is 0 Å². The minimum absolute atomic E-state index is 0.907. The molecule has 0 aliphatic carbocycles. The van der Waals surface area contributed by atoms with E-state index < -0.39 is 0 Å². The van der Waals surface area contributed by atoms with Gasteiger partial charge in [0.2, 0.25) is 0 Å². The van der Waals surface area contributed by atoms with E-state index in [0.29, 0.717) is 0 Å². The fraction of sp³-hybridized carbons (Fsp3) is 0. The van der Waals surface area contributed by atoms with Crippen LogP contribution in [0.4, 0.5) is 0 Å². The smallest absolute Gasteiger partial charge is 0.148 e. The minimum Gasteiger partial charge on any atom is -0.291 e. The van der Waals surface area contributed by atoms with Crippen molar-refractivity contribution in [3.63, 3.8) is 0 Å². The van der Waals surface area contributed by atoms with Gasteiger partial charge in [0, 0.05) is 40.5 Å². The molecular weight excluding hydrogens is 356 g/mol. The van der Waals surface area contributed by atoms with Crippen LogP contribution in [0.25, 0.3) is 50.0 Å². The Morgan fingerprint density at radius 2 is 1.41 bits per heavy atom. The van der Waals surface area contributed by atoms with E-state index in [2.05, 4.69) is 69.0 Å². The Labute approximate surface area is 167 Å². The van der Waals surface area contributed by atoms with Crippen LogP contribution in [-0.2, 0) is 0 Å². The highest BCUT2D eigenvalue weighted by atomic mass is 15.0. The summed E-state index contributed by atoms with van der Waals surface area (Å²) >= 11 is 0. The second kappa shape index (κ2) is 6.24. The van der Waals surface area contributed by atoms with Gasteiger partial charge in [0.25, 0.3) is 0 Å². The molecule has 4 heteroatoms. The fourth-order valence-electron chi connectivity index (χ4n) is 4.06. The zero-order valence-electron chi connectivity index (χ0n) is 15.5. The van der Waals surface area contributed by atoms with Gasteiger partial charge < -0.3 is 0 Å². The Kier molecular flexibility index (Phi) is 3.43. The predicted molar refractivity (Wildman–Crippen MR) is 117 cm³/mol. The number of hydrogen-bond acceptors (Lipinski definition) is 3. The molecule has 6 aromatic rings. The van der Waals surface area contributed by atoms with E-state index in [9.17, 15) is 0 Å². The maximum atomic E-state index is 5.14. The first kappa shape index (κ1) is 16.0. The first-order valence-corrected chi connectivity index (χ1v) is 9.55. The topological polar surface area (TPSA) is 43.1 Å². The van der Waals surface area contributed by atoms with Crippen LogP contribution >= 0.6 is 0 Å². The maximum absolute atomic E-state index is 5.14. The molecule has 0 saturated carbocycles. The third kappa shape index (κ3) is 2.36. The number of aromatic nitrogens is 4. The zero-order chi connectivity index (χ0) is 19.2. The second-order valence-corrected chi connectivity index (χ2v) is 6.99. The molecule has 4 nitrogen and oxygen atoms in total. The zero-order valence-corrected chi connectivity index (χ0v) is 15.5. The molecule has 136 valence electrons. The Hall–Kier alpha value is -4.05. The Balaban J connectivity index is 1.90. The third-order valence-electron chi connectivity index (χ3n) is 5.31.